The summed E-state index contributed by atoms with van der Waals surface area (Å²) in [5.41, 5.74) is 1.68. The van der Waals surface area contributed by atoms with E-state index in [1.807, 2.05) is 50.8 Å². The Morgan fingerprint density at radius 2 is 1.97 bits per heavy atom. The highest BCUT2D eigenvalue weighted by Gasteiger charge is 2.18. The minimum absolute atomic E-state index is 0.0672. The van der Waals surface area contributed by atoms with Crippen molar-refractivity contribution in [3.8, 4) is 11.4 Å². The van der Waals surface area contributed by atoms with Crippen LogP contribution in [-0.4, -0.2) is 33.9 Å². The van der Waals surface area contributed by atoms with Gasteiger partial charge in [0, 0.05) is 24.2 Å². The summed E-state index contributed by atoms with van der Waals surface area (Å²) in [6.45, 7) is 4.42. The third-order valence-electron chi connectivity index (χ3n) is 4.86. The second-order valence-electron chi connectivity index (χ2n) is 6.75. The molecule has 5 rings (SSSR count). The Kier molecular flexibility index (Phi) is 5.12. The Labute approximate surface area is 189 Å². The summed E-state index contributed by atoms with van der Waals surface area (Å²) < 4.78 is 6.13. The predicted octanol–water partition coefficient (Wildman–Crippen LogP) is 4.03. The maximum atomic E-state index is 12.5. The van der Waals surface area contributed by atoms with Crippen molar-refractivity contribution in [1.29, 1.82) is 0 Å². The van der Waals surface area contributed by atoms with Crippen molar-refractivity contribution in [2.75, 3.05) is 0 Å². The molecule has 0 bridgehead atoms. The van der Waals surface area contributed by atoms with Crippen molar-refractivity contribution in [1.82, 2.24) is 33.9 Å². The van der Waals surface area contributed by atoms with Crippen molar-refractivity contribution in [3.63, 3.8) is 0 Å². The van der Waals surface area contributed by atoms with E-state index in [0.29, 0.717) is 27.8 Å². The smallest absolute Gasteiger partial charge is 0.272 e. The number of benzene rings is 1. The molecule has 0 radical (unpaired) electrons. The molecule has 4 aromatic heterocycles. The van der Waals surface area contributed by atoms with E-state index >= 15 is 0 Å². The second kappa shape index (κ2) is 7.95. The molecule has 0 amide bonds. The molecule has 0 saturated carbocycles. The number of hydrogen-bond acceptors (Lipinski definition) is 7. The molecule has 0 aliphatic heterocycles. The number of fused-ring (bicyclic) bond motifs is 3. The average molecular weight is 470 g/mol. The highest BCUT2D eigenvalue weighted by Crippen LogP contribution is 2.28. The number of thiophene rings is 1. The molecule has 31 heavy (non-hydrogen) atoms. The van der Waals surface area contributed by atoms with Gasteiger partial charge in [0.2, 0.25) is 5.78 Å². The molecule has 0 aliphatic carbocycles. The van der Waals surface area contributed by atoms with Gasteiger partial charge in [0.15, 0.2) is 11.0 Å². The van der Waals surface area contributed by atoms with Crippen molar-refractivity contribution in [3.05, 3.63) is 69.6 Å². The van der Waals surface area contributed by atoms with Gasteiger partial charge in [0.1, 0.15) is 10.5 Å². The van der Waals surface area contributed by atoms with Crippen LogP contribution >= 0.6 is 34.7 Å². The Morgan fingerprint density at radius 1 is 1.16 bits per heavy atom. The number of nitrogens with zero attached hydrogens (tertiary/aromatic N) is 7. The molecular weight excluding hydrogens is 454 g/mol. The minimum Gasteiger partial charge on any atom is -0.298 e. The van der Waals surface area contributed by atoms with Gasteiger partial charge in [0.05, 0.1) is 11.3 Å². The summed E-state index contributed by atoms with van der Waals surface area (Å²) in [7, 11) is 1.71. The van der Waals surface area contributed by atoms with Crippen molar-refractivity contribution >= 4 is 50.7 Å². The van der Waals surface area contributed by atoms with Gasteiger partial charge in [-0.25, -0.2) is 0 Å². The number of halogens is 1. The van der Waals surface area contributed by atoms with Crippen LogP contribution in [0.5, 0.6) is 0 Å². The molecule has 0 fully saturated rings. The molecule has 0 N–H and O–H groups in total. The van der Waals surface area contributed by atoms with Gasteiger partial charge in [-0.2, -0.15) is 0 Å². The highest BCUT2D eigenvalue weighted by molar-refractivity contribution is 7.98. The molecule has 0 atom stereocenters. The van der Waals surface area contributed by atoms with Crippen LogP contribution in [0, 0.1) is 0 Å². The van der Waals surface area contributed by atoms with E-state index in [4.69, 9.17) is 11.6 Å². The first-order valence-corrected chi connectivity index (χ1v) is 11.6. The van der Waals surface area contributed by atoms with Crippen molar-refractivity contribution < 1.29 is 0 Å². The topological polar surface area (TPSA) is 82.9 Å². The fourth-order valence-corrected chi connectivity index (χ4v) is 5.21. The molecule has 4 heterocycles. The van der Waals surface area contributed by atoms with Crippen LogP contribution in [0.1, 0.15) is 5.82 Å². The zero-order valence-corrected chi connectivity index (χ0v) is 18.8. The van der Waals surface area contributed by atoms with Crippen molar-refractivity contribution in [2.24, 2.45) is 7.05 Å². The molecule has 1 aromatic carbocycles. The Balaban J connectivity index is 1.52. The predicted molar refractivity (Wildman–Crippen MR) is 124 cm³/mol. The first-order valence-electron chi connectivity index (χ1n) is 9.31. The fourth-order valence-electron chi connectivity index (χ4n) is 3.38. The van der Waals surface area contributed by atoms with Gasteiger partial charge in [-0.1, -0.05) is 29.4 Å². The SMILES string of the molecule is C=CCn1c(SCc2nnc3n(C)c(=O)c4sccc4n23)nnc1-c1ccc(Cl)cc1. The van der Waals surface area contributed by atoms with Crippen LogP contribution < -0.4 is 5.56 Å². The van der Waals surface area contributed by atoms with Crippen LogP contribution in [0.3, 0.4) is 0 Å². The zero-order valence-electron chi connectivity index (χ0n) is 16.4. The first-order chi connectivity index (χ1) is 15.1. The Morgan fingerprint density at radius 3 is 2.74 bits per heavy atom. The quantitative estimate of drug-likeness (QED) is 0.276. The normalized spacial score (nSPS) is 11.5. The van der Waals surface area contributed by atoms with Crippen LogP contribution in [-0.2, 0) is 19.3 Å². The van der Waals surface area contributed by atoms with Crippen LogP contribution in [0.4, 0.5) is 0 Å². The number of aromatic nitrogens is 7. The number of thioether (sulfide) groups is 1. The summed E-state index contributed by atoms with van der Waals surface area (Å²) >= 11 is 8.94. The van der Waals surface area contributed by atoms with Crippen LogP contribution in [0.2, 0.25) is 5.02 Å². The second-order valence-corrected chi connectivity index (χ2v) is 9.05. The third-order valence-corrected chi connectivity index (χ3v) is 6.96. The van der Waals surface area contributed by atoms with Crippen molar-refractivity contribution in [2.45, 2.75) is 17.5 Å². The van der Waals surface area contributed by atoms with E-state index in [-0.39, 0.29) is 5.56 Å². The highest BCUT2D eigenvalue weighted by atomic mass is 35.5. The largest absolute Gasteiger partial charge is 0.298 e. The molecule has 0 spiro atoms. The standard InChI is InChI=1S/C20H16ClN7OS2/c1-3-9-27-17(12-4-6-13(21)7-5-12)23-25-20(27)31-11-15-22-24-19-26(2)18(29)16-14(28(15)19)8-10-30-16/h3-8,10H,1,9,11H2,2H3. The van der Waals surface area contributed by atoms with E-state index in [0.717, 1.165) is 27.9 Å². The lowest BCUT2D eigenvalue weighted by atomic mass is 10.2. The van der Waals surface area contributed by atoms with E-state index in [1.54, 1.807) is 7.05 Å². The van der Waals surface area contributed by atoms with Gasteiger partial charge >= 0.3 is 0 Å². The minimum atomic E-state index is -0.0672. The van der Waals surface area contributed by atoms with E-state index in [9.17, 15) is 4.79 Å². The molecule has 0 aliphatic rings. The lowest BCUT2D eigenvalue weighted by Crippen LogP contribution is -2.19. The summed E-state index contributed by atoms with van der Waals surface area (Å²) in [6.07, 6.45) is 1.81. The summed E-state index contributed by atoms with van der Waals surface area (Å²) in [5, 5.41) is 20.6. The number of rotatable bonds is 6. The number of allylic oxidation sites excluding steroid dienone is 1. The third kappa shape index (κ3) is 3.36. The molecule has 0 saturated heterocycles. The van der Waals surface area contributed by atoms with E-state index < -0.39 is 0 Å². The summed E-state index contributed by atoms with van der Waals surface area (Å²) in [4.78, 5) is 12.5. The lowest BCUT2D eigenvalue weighted by molar-refractivity contribution is 0.730. The maximum Gasteiger partial charge on any atom is 0.272 e. The zero-order chi connectivity index (χ0) is 21.5. The molecule has 8 nitrogen and oxygen atoms in total. The van der Waals surface area contributed by atoms with Gasteiger partial charge in [-0.05, 0) is 35.7 Å². The van der Waals surface area contributed by atoms with Gasteiger partial charge in [-0.3, -0.25) is 18.3 Å². The van der Waals surface area contributed by atoms with Gasteiger partial charge in [-0.15, -0.1) is 38.3 Å². The molecule has 0 unspecified atom stereocenters. The Hall–Kier alpha value is -2.95. The molecule has 156 valence electrons. The Bertz CT molecular complexity index is 1480. The van der Waals surface area contributed by atoms with E-state index in [1.165, 1.54) is 27.7 Å². The fraction of sp³-hybridized carbons (Fsp3) is 0.150. The van der Waals surface area contributed by atoms with E-state index in [2.05, 4.69) is 27.0 Å². The van der Waals surface area contributed by atoms with Gasteiger partial charge < -0.3 is 0 Å². The first kappa shape index (κ1) is 20.0. The summed E-state index contributed by atoms with van der Waals surface area (Å²) in [6, 6.07) is 9.41. The number of aryl methyl sites for hydroxylation is 1. The summed E-state index contributed by atoms with van der Waals surface area (Å²) in [5.74, 6) is 2.51. The lowest BCUT2D eigenvalue weighted by Gasteiger charge is -2.08. The van der Waals surface area contributed by atoms with Crippen LogP contribution in [0.15, 0.2) is 58.3 Å². The molecule has 11 heteroatoms. The maximum absolute atomic E-state index is 12.5. The molecule has 5 aromatic rings. The van der Waals surface area contributed by atoms with Crippen LogP contribution in [0.25, 0.3) is 27.4 Å². The molecular formula is C20H16ClN7OS2. The number of hydrogen-bond donors (Lipinski definition) is 0. The average Bonchev–Trinajstić information content (AvgIpc) is 3.50. The van der Waals surface area contributed by atoms with Gasteiger partial charge in [0.25, 0.3) is 5.56 Å². The monoisotopic (exact) mass is 469 g/mol.